The van der Waals surface area contributed by atoms with Crippen LogP contribution in [0.2, 0.25) is 0 Å². The number of benzene rings is 2. The first-order valence-electron chi connectivity index (χ1n) is 8.22. The summed E-state index contributed by atoms with van der Waals surface area (Å²) in [6.07, 6.45) is 1.59. The Morgan fingerprint density at radius 3 is 2.68 bits per heavy atom. The molecule has 6 heteroatoms. The lowest BCUT2D eigenvalue weighted by Gasteiger charge is -2.10. The number of aromatic nitrogens is 2. The standard InChI is InChI=1S/C19H21N3O3/c1-24-16-9-4-5-10-17(16)25-13-19(23)20-12-6-11-18-21-14-7-2-3-8-15(14)22-18/h2-5,7-10H,6,11-13H2,1H3,(H,20,23)(H,21,22). The number of imidazole rings is 1. The molecule has 1 heterocycles. The van der Waals surface area contributed by atoms with Gasteiger partial charge in [0.1, 0.15) is 5.82 Å². The van der Waals surface area contributed by atoms with E-state index in [-0.39, 0.29) is 12.5 Å². The fraction of sp³-hybridized carbons (Fsp3) is 0.263. The van der Waals surface area contributed by atoms with Crippen LogP contribution < -0.4 is 14.8 Å². The lowest BCUT2D eigenvalue weighted by atomic mass is 10.3. The number of fused-ring (bicyclic) bond motifs is 1. The van der Waals surface area contributed by atoms with Gasteiger partial charge in [0, 0.05) is 13.0 Å². The van der Waals surface area contributed by atoms with Crippen LogP contribution in [-0.2, 0) is 11.2 Å². The number of nitrogens with zero attached hydrogens (tertiary/aromatic N) is 1. The molecule has 2 aromatic carbocycles. The third kappa shape index (κ3) is 4.50. The maximum atomic E-state index is 11.9. The van der Waals surface area contributed by atoms with Crippen molar-refractivity contribution in [3.05, 3.63) is 54.4 Å². The van der Waals surface area contributed by atoms with Crippen molar-refractivity contribution in [3.8, 4) is 11.5 Å². The van der Waals surface area contributed by atoms with Crippen LogP contribution in [0.3, 0.4) is 0 Å². The predicted molar refractivity (Wildman–Crippen MR) is 95.9 cm³/mol. The molecule has 0 saturated heterocycles. The first-order chi connectivity index (χ1) is 12.3. The largest absolute Gasteiger partial charge is 0.493 e. The second kappa shape index (κ2) is 8.19. The van der Waals surface area contributed by atoms with Gasteiger partial charge in [-0.1, -0.05) is 24.3 Å². The van der Waals surface area contributed by atoms with Gasteiger partial charge in [0.15, 0.2) is 18.1 Å². The van der Waals surface area contributed by atoms with Gasteiger partial charge in [-0.15, -0.1) is 0 Å². The first kappa shape index (κ1) is 16.8. The SMILES string of the molecule is COc1ccccc1OCC(=O)NCCCc1nc2ccccc2[nH]1. The van der Waals surface area contributed by atoms with Crippen molar-refractivity contribution >= 4 is 16.9 Å². The summed E-state index contributed by atoms with van der Waals surface area (Å²) in [6.45, 7) is 0.538. The van der Waals surface area contributed by atoms with E-state index in [0.717, 1.165) is 29.7 Å². The fourth-order valence-electron chi connectivity index (χ4n) is 2.54. The molecule has 25 heavy (non-hydrogen) atoms. The number of rotatable bonds is 8. The zero-order chi connectivity index (χ0) is 17.5. The molecule has 0 spiro atoms. The normalized spacial score (nSPS) is 10.6. The number of para-hydroxylation sites is 4. The molecule has 3 aromatic rings. The van der Waals surface area contributed by atoms with Crippen molar-refractivity contribution in [1.29, 1.82) is 0 Å². The summed E-state index contributed by atoms with van der Waals surface area (Å²) in [6, 6.07) is 15.2. The van der Waals surface area contributed by atoms with Gasteiger partial charge in [0.05, 0.1) is 18.1 Å². The average Bonchev–Trinajstić information content (AvgIpc) is 3.06. The predicted octanol–water partition coefficient (Wildman–Crippen LogP) is 2.70. The van der Waals surface area contributed by atoms with Gasteiger partial charge in [0.25, 0.3) is 5.91 Å². The number of ether oxygens (including phenoxy) is 2. The number of H-pyrrole nitrogens is 1. The van der Waals surface area contributed by atoms with E-state index in [4.69, 9.17) is 9.47 Å². The number of carbonyl (C=O) groups excluding carboxylic acids is 1. The van der Waals surface area contributed by atoms with Crippen molar-refractivity contribution in [3.63, 3.8) is 0 Å². The molecule has 0 aliphatic carbocycles. The summed E-state index contributed by atoms with van der Waals surface area (Å²) in [5, 5.41) is 2.85. The maximum Gasteiger partial charge on any atom is 0.257 e. The summed E-state index contributed by atoms with van der Waals surface area (Å²) in [4.78, 5) is 19.7. The van der Waals surface area contributed by atoms with Crippen molar-refractivity contribution < 1.29 is 14.3 Å². The molecule has 0 saturated carbocycles. The lowest BCUT2D eigenvalue weighted by molar-refractivity contribution is -0.123. The van der Waals surface area contributed by atoms with E-state index in [1.807, 2.05) is 36.4 Å². The number of methoxy groups -OCH3 is 1. The van der Waals surface area contributed by atoms with Gasteiger partial charge < -0.3 is 19.8 Å². The van der Waals surface area contributed by atoms with Crippen LogP contribution >= 0.6 is 0 Å². The van der Waals surface area contributed by atoms with Gasteiger partial charge in [0.2, 0.25) is 0 Å². The van der Waals surface area contributed by atoms with E-state index in [1.165, 1.54) is 0 Å². The van der Waals surface area contributed by atoms with Crippen LogP contribution in [0.25, 0.3) is 11.0 Å². The number of nitrogens with one attached hydrogen (secondary N) is 2. The Balaban J connectivity index is 1.39. The zero-order valence-electron chi connectivity index (χ0n) is 14.1. The highest BCUT2D eigenvalue weighted by Gasteiger charge is 2.07. The molecule has 130 valence electrons. The Labute approximate surface area is 146 Å². The Kier molecular flexibility index (Phi) is 5.51. The number of hydrogen-bond acceptors (Lipinski definition) is 4. The minimum absolute atomic E-state index is 0.0367. The molecule has 0 aliphatic heterocycles. The number of carbonyl (C=O) groups is 1. The Bertz CT molecular complexity index is 812. The minimum Gasteiger partial charge on any atom is -0.493 e. The maximum absolute atomic E-state index is 11.9. The van der Waals surface area contributed by atoms with Crippen molar-refractivity contribution in [2.45, 2.75) is 12.8 Å². The van der Waals surface area contributed by atoms with E-state index in [1.54, 1.807) is 19.2 Å². The Morgan fingerprint density at radius 2 is 1.88 bits per heavy atom. The van der Waals surface area contributed by atoms with E-state index in [9.17, 15) is 4.79 Å². The summed E-state index contributed by atoms with van der Waals surface area (Å²) >= 11 is 0. The highest BCUT2D eigenvalue weighted by atomic mass is 16.5. The van der Waals surface area contributed by atoms with Crippen molar-refractivity contribution in [2.75, 3.05) is 20.3 Å². The molecule has 0 unspecified atom stereocenters. The van der Waals surface area contributed by atoms with Crippen molar-refractivity contribution in [1.82, 2.24) is 15.3 Å². The number of amides is 1. The second-order valence-electron chi connectivity index (χ2n) is 5.59. The zero-order valence-corrected chi connectivity index (χ0v) is 14.1. The fourth-order valence-corrected chi connectivity index (χ4v) is 2.54. The smallest absolute Gasteiger partial charge is 0.257 e. The Morgan fingerprint density at radius 1 is 1.12 bits per heavy atom. The highest BCUT2D eigenvalue weighted by molar-refractivity contribution is 5.77. The summed E-state index contributed by atoms with van der Waals surface area (Å²) < 4.78 is 10.7. The molecule has 3 rings (SSSR count). The van der Waals surface area contributed by atoms with Crippen LogP contribution in [0, 0.1) is 0 Å². The van der Waals surface area contributed by atoms with Gasteiger partial charge in [-0.3, -0.25) is 4.79 Å². The summed E-state index contributed by atoms with van der Waals surface area (Å²) in [5.41, 5.74) is 2.00. The van der Waals surface area contributed by atoms with Gasteiger partial charge in [-0.25, -0.2) is 4.98 Å². The summed E-state index contributed by atoms with van der Waals surface area (Å²) in [5.74, 6) is 1.94. The molecule has 0 fully saturated rings. The average molecular weight is 339 g/mol. The quantitative estimate of drug-likeness (QED) is 0.619. The second-order valence-corrected chi connectivity index (χ2v) is 5.59. The van der Waals surface area contributed by atoms with Crippen LogP contribution in [-0.4, -0.2) is 36.1 Å². The molecule has 0 radical (unpaired) electrons. The van der Waals surface area contributed by atoms with Gasteiger partial charge in [-0.05, 0) is 30.7 Å². The molecule has 6 nitrogen and oxygen atoms in total. The third-order valence-electron chi connectivity index (χ3n) is 3.78. The number of aromatic amines is 1. The number of hydrogen-bond donors (Lipinski definition) is 2. The minimum atomic E-state index is -0.157. The molecular weight excluding hydrogens is 318 g/mol. The molecule has 2 N–H and O–H groups in total. The number of aryl methyl sites for hydroxylation is 1. The topological polar surface area (TPSA) is 76.2 Å². The highest BCUT2D eigenvalue weighted by Crippen LogP contribution is 2.25. The van der Waals surface area contributed by atoms with Gasteiger partial charge in [-0.2, -0.15) is 0 Å². The molecule has 0 bridgehead atoms. The van der Waals surface area contributed by atoms with Crippen LogP contribution in [0.4, 0.5) is 0 Å². The van der Waals surface area contributed by atoms with E-state index in [0.29, 0.717) is 18.0 Å². The molecule has 1 aromatic heterocycles. The van der Waals surface area contributed by atoms with E-state index < -0.39 is 0 Å². The van der Waals surface area contributed by atoms with Crippen LogP contribution in [0.1, 0.15) is 12.2 Å². The molecule has 0 atom stereocenters. The lowest BCUT2D eigenvalue weighted by Crippen LogP contribution is -2.30. The Hall–Kier alpha value is -3.02. The molecular formula is C19H21N3O3. The molecule has 1 amide bonds. The van der Waals surface area contributed by atoms with E-state index >= 15 is 0 Å². The van der Waals surface area contributed by atoms with Crippen molar-refractivity contribution in [2.24, 2.45) is 0 Å². The van der Waals surface area contributed by atoms with Crippen LogP contribution in [0.5, 0.6) is 11.5 Å². The third-order valence-corrected chi connectivity index (χ3v) is 3.78. The van der Waals surface area contributed by atoms with Gasteiger partial charge >= 0.3 is 0 Å². The summed E-state index contributed by atoms with van der Waals surface area (Å²) in [7, 11) is 1.57. The first-order valence-corrected chi connectivity index (χ1v) is 8.22. The van der Waals surface area contributed by atoms with Crippen LogP contribution in [0.15, 0.2) is 48.5 Å². The van der Waals surface area contributed by atoms with E-state index in [2.05, 4.69) is 15.3 Å². The molecule has 0 aliphatic rings. The monoisotopic (exact) mass is 339 g/mol.